The lowest BCUT2D eigenvalue weighted by molar-refractivity contribution is 0.976. The highest BCUT2D eigenvalue weighted by molar-refractivity contribution is 6.13. The van der Waals surface area contributed by atoms with Crippen LogP contribution < -0.4 is 0 Å². The zero-order valence-corrected chi connectivity index (χ0v) is 25.1. The second kappa shape index (κ2) is 13.8. The van der Waals surface area contributed by atoms with Crippen LogP contribution in [0.4, 0.5) is 0 Å². The van der Waals surface area contributed by atoms with Gasteiger partial charge in [-0.2, -0.15) is 0 Å². The molecule has 0 fully saturated rings. The number of allylic oxidation sites excluding steroid dienone is 12. The lowest BCUT2D eigenvalue weighted by atomic mass is 9.86. The highest BCUT2D eigenvalue weighted by atomic mass is 14.7. The smallest absolute Gasteiger partial charge is 0.0704 e. The fourth-order valence-electron chi connectivity index (χ4n) is 6.19. The first-order chi connectivity index (χ1) is 21.8. The summed E-state index contributed by atoms with van der Waals surface area (Å²) in [5.74, 6) is 0. The standard InChI is InChI=1S/C43H37N/c1-3-16-36(23-14-17-32-29-30-44-42(31-32)35-20-6-5-7-21-35)43-40-26-12-10-24-38(40)37(39-25-11-13-27-41(39)43)28-15-22-34-19-9-8-18-33(34)4-2/h3-8,10-16,18,20-27,29-31H,1-2,9,17,19,28H2/b22-15-,23-14-,36-16+. The maximum absolute atomic E-state index is 4.60. The molecule has 0 saturated heterocycles. The van der Waals surface area contributed by atoms with Gasteiger partial charge in [0.2, 0.25) is 0 Å². The number of pyridine rings is 1. The van der Waals surface area contributed by atoms with Gasteiger partial charge in [0, 0.05) is 11.8 Å². The molecule has 0 amide bonds. The normalized spacial score (nSPS) is 13.9. The predicted molar refractivity (Wildman–Crippen MR) is 191 cm³/mol. The summed E-state index contributed by atoms with van der Waals surface area (Å²) in [5.41, 5.74) is 9.70. The van der Waals surface area contributed by atoms with Crippen molar-refractivity contribution in [3.8, 4) is 11.3 Å². The highest BCUT2D eigenvalue weighted by Crippen LogP contribution is 2.38. The number of benzene rings is 4. The number of hydrogen-bond acceptors (Lipinski definition) is 1. The Morgan fingerprint density at radius 1 is 0.773 bits per heavy atom. The van der Waals surface area contributed by atoms with Crippen LogP contribution in [0.5, 0.6) is 0 Å². The first kappa shape index (κ1) is 28.8. The lowest BCUT2D eigenvalue weighted by Gasteiger charge is -2.17. The van der Waals surface area contributed by atoms with Crippen LogP contribution in [0.15, 0.2) is 176 Å². The third-order valence-electron chi connectivity index (χ3n) is 8.28. The molecule has 1 nitrogen and oxygen atoms in total. The van der Waals surface area contributed by atoms with Gasteiger partial charge in [-0.25, -0.2) is 0 Å². The summed E-state index contributed by atoms with van der Waals surface area (Å²) in [6.45, 7) is 8.08. The first-order valence-electron chi connectivity index (χ1n) is 15.4. The molecule has 0 atom stereocenters. The SMILES string of the molecule is C=C/C=C(\C=C/Cc1ccnc(-c2ccccc2)c1)c1c2ccccc2c(C/C=C\C2=C(C=C)C=CCC2)c2ccccc12. The molecule has 0 spiro atoms. The Morgan fingerprint density at radius 3 is 2.18 bits per heavy atom. The van der Waals surface area contributed by atoms with Gasteiger partial charge in [0.05, 0.1) is 5.69 Å². The second-order valence-electron chi connectivity index (χ2n) is 11.1. The van der Waals surface area contributed by atoms with E-state index in [9.17, 15) is 0 Å². The Kier molecular flexibility index (Phi) is 9.04. The molecule has 0 N–H and O–H groups in total. The van der Waals surface area contributed by atoms with Crippen molar-refractivity contribution in [2.24, 2.45) is 0 Å². The third-order valence-corrected chi connectivity index (χ3v) is 8.28. The number of aromatic nitrogens is 1. The molecule has 1 aromatic heterocycles. The molecule has 6 rings (SSSR count). The van der Waals surface area contributed by atoms with E-state index in [1.165, 1.54) is 49.4 Å². The van der Waals surface area contributed by atoms with Crippen molar-refractivity contribution in [2.45, 2.75) is 25.7 Å². The average Bonchev–Trinajstić information content (AvgIpc) is 3.08. The molecule has 1 aliphatic carbocycles. The van der Waals surface area contributed by atoms with E-state index < -0.39 is 0 Å². The van der Waals surface area contributed by atoms with E-state index in [1.807, 2.05) is 24.4 Å². The van der Waals surface area contributed by atoms with Crippen molar-refractivity contribution in [1.29, 1.82) is 0 Å². The topological polar surface area (TPSA) is 12.9 Å². The molecule has 1 heteroatoms. The molecule has 0 unspecified atom stereocenters. The summed E-state index contributed by atoms with van der Waals surface area (Å²) in [6, 6.07) is 32.3. The van der Waals surface area contributed by atoms with Crippen molar-refractivity contribution in [1.82, 2.24) is 4.98 Å². The van der Waals surface area contributed by atoms with Gasteiger partial charge in [0.1, 0.15) is 0 Å². The quantitative estimate of drug-likeness (QED) is 0.121. The van der Waals surface area contributed by atoms with Crippen LogP contribution in [0, 0.1) is 0 Å². The third kappa shape index (κ3) is 6.23. The van der Waals surface area contributed by atoms with E-state index in [0.717, 1.165) is 42.5 Å². The molecule has 0 aliphatic heterocycles. The van der Waals surface area contributed by atoms with Crippen molar-refractivity contribution < 1.29 is 0 Å². The van der Waals surface area contributed by atoms with E-state index in [0.29, 0.717) is 0 Å². The van der Waals surface area contributed by atoms with Gasteiger partial charge >= 0.3 is 0 Å². The number of rotatable bonds is 10. The lowest BCUT2D eigenvalue weighted by Crippen LogP contribution is -1.95. The molecule has 5 aromatic rings. The summed E-state index contributed by atoms with van der Waals surface area (Å²) in [7, 11) is 0. The van der Waals surface area contributed by atoms with E-state index in [2.05, 4.69) is 146 Å². The maximum atomic E-state index is 4.60. The van der Waals surface area contributed by atoms with Crippen LogP contribution >= 0.6 is 0 Å². The van der Waals surface area contributed by atoms with E-state index in [-0.39, 0.29) is 0 Å². The zero-order valence-electron chi connectivity index (χ0n) is 25.1. The van der Waals surface area contributed by atoms with Crippen LogP contribution in [0.2, 0.25) is 0 Å². The monoisotopic (exact) mass is 567 g/mol. The van der Waals surface area contributed by atoms with Gasteiger partial charge in [-0.15, -0.1) is 0 Å². The summed E-state index contributed by atoms with van der Waals surface area (Å²) >= 11 is 0. The van der Waals surface area contributed by atoms with Crippen LogP contribution in [0.3, 0.4) is 0 Å². The molecule has 44 heavy (non-hydrogen) atoms. The van der Waals surface area contributed by atoms with Crippen LogP contribution in [0.25, 0.3) is 38.4 Å². The Hall–Kier alpha value is -5.27. The maximum Gasteiger partial charge on any atom is 0.0704 e. The summed E-state index contributed by atoms with van der Waals surface area (Å²) in [6.07, 6.45) is 25.3. The fraction of sp³-hybridized carbons (Fsp3) is 0.0930. The predicted octanol–water partition coefficient (Wildman–Crippen LogP) is 11.4. The molecule has 4 aromatic carbocycles. The molecule has 1 heterocycles. The highest BCUT2D eigenvalue weighted by Gasteiger charge is 2.15. The average molecular weight is 568 g/mol. The van der Waals surface area contributed by atoms with E-state index >= 15 is 0 Å². The molecular weight excluding hydrogens is 530 g/mol. The van der Waals surface area contributed by atoms with Gasteiger partial charge in [-0.3, -0.25) is 4.98 Å². The van der Waals surface area contributed by atoms with Crippen LogP contribution in [0.1, 0.15) is 29.5 Å². The molecule has 1 aliphatic rings. The Bertz CT molecular complexity index is 1920. The minimum absolute atomic E-state index is 0.813. The van der Waals surface area contributed by atoms with E-state index in [1.54, 1.807) is 0 Å². The van der Waals surface area contributed by atoms with Crippen molar-refractivity contribution in [2.75, 3.05) is 0 Å². The molecule has 0 saturated carbocycles. The summed E-state index contributed by atoms with van der Waals surface area (Å²) < 4.78 is 0. The number of hydrogen-bond donors (Lipinski definition) is 0. The van der Waals surface area contributed by atoms with Gasteiger partial charge in [0.15, 0.2) is 0 Å². The van der Waals surface area contributed by atoms with Gasteiger partial charge in [0.25, 0.3) is 0 Å². The minimum atomic E-state index is 0.813. The van der Waals surface area contributed by atoms with Gasteiger partial charge in [-0.1, -0.05) is 147 Å². The second-order valence-corrected chi connectivity index (χ2v) is 11.1. The van der Waals surface area contributed by atoms with Crippen molar-refractivity contribution in [3.05, 3.63) is 193 Å². The fourth-order valence-corrected chi connectivity index (χ4v) is 6.19. The summed E-state index contributed by atoms with van der Waals surface area (Å²) in [5, 5.41) is 5.10. The van der Waals surface area contributed by atoms with Gasteiger partial charge < -0.3 is 0 Å². The molecular formula is C43H37N. The van der Waals surface area contributed by atoms with Crippen molar-refractivity contribution in [3.63, 3.8) is 0 Å². The summed E-state index contributed by atoms with van der Waals surface area (Å²) in [4.78, 5) is 4.60. The van der Waals surface area contributed by atoms with Crippen LogP contribution in [-0.4, -0.2) is 4.98 Å². The van der Waals surface area contributed by atoms with Gasteiger partial charge in [-0.05, 0) is 92.8 Å². The Labute approximate surface area is 261 Å². The van der Waals surface area contributed by atoms with Crippen molar-refractivity contribution >= 4 is 27.1 Å². The first-order valence-corrected chi connectivity index (χ1v) is 15.4. The molecule has 214 valence electrons. The van der Waals surface area contributed by atoms with E-state index in [4.69, 9.17) is 0 Å². The zero-order chi connectivity index (χ0) is 30.1. The number of nitrogens with zero attached hydrogens (tertiary/aromatic N) is 1. The van der Waals surface area contributed by atoms with Crippen LogP contribution in [-0.2, 0) is 12.8 Å². The number of fused-ring (bicyclic) bond motifs is 2. The largest absolute Gasteiger partial charge is 0.256 e. The minimum Gasteiger partial charge on any atom is -0.256 e. The Morgan fingerprint density at radius 2 is 1.48 bits per heavy atom. The molecule has 0 bridgehead atoms. The molecule has 0 radical (unpaired) electrons. The Balaban J connectivity index is 1.37.